The van der Waals surface area contributed by atoms with Gasteiger partial charge in [-0.15, -0.1) is 0 Å². The van der Waals surface area contributed by atoms with Crippen molar-refractivity contribution in [1.82, 2.24) is 0 Å². The van der Waals surface area contributed by atoms with E-state index < -0.39 is 5.60 Å². The first-order chi connectivity index (χ1) is 4.66. The number of esters is 1. The van der Waals surface area contributed by atoms with Crippen LogP contribution in [0, 0.1) is 0 Å². The molecule has 0 aromatic rings. The number of hydrogen-bond donors (Lipinski definition) is 1. The van der Waals surface area contributed by atoms with Gasteiger partial charge in [0, 0.05) is 6.42 Å². The predicted molar refractivity (Wildman–Crippen MR) is 35.4 cm³/mol. The third-order valence-corrected chi connectivity index (χ3v) is 1.95. The molecule has 1 atom stereocenters. The minimum Gasteiger partial charge on any atom is -0.463 e. The third-order valence-electron chi connectivity index (χ3n) is 1.95. The Morgan fingerprint density at radius 1 is 1.80 bits per heavy atom. The van der Waals surface area contributed by atoms with Gasteiger partial charge in [-0.3, -0.25) is 4.79 Å². The molecule has 0 saturated carbocycles. The molecule has 3 nitrogen and oxygen atoms in total. The highest BCUT2D eigenvalue weighted by molar-refractivity contribution is 5.70. The predicted octanol–water partition coefficient (Wildman–Crippen LogP) is 0.464. The third kappa shape index (κ3) is 1.48. The molecular weight excluding hydrogens is 132 g/mol. The Bertz CT molecular complexity index is 132. The van der Waals surface area contributed by atoms with Crippen LogP contribution >= 0.6 is 0 Å². The standard InChI is InChI=1S/C7H12O3/c1-2-7(9)4-3-6(8)10-5-7/h9H,2-5H2,1H3. The lowest BCUT2D eigenvalue weighted by molar-refractivity contribution is -0.162. The van der Waals surface area contributed by atoms with Crippen LogP contribution in [0.3, 0.4) is 0 Å². The Balaban J connectivity index is 2.46. The van der Waals surface area contributed by atoms with Gasteiger partial charge in [-0.1, -0.05) is 6.92 Å². The highest BCUT2D eigenvalue weighted by Gasteiger charge is 2.31. The van der Waals surface area contributed by atoms with Crippen LogP contribution in [-0.4, -0.2) is 23.3 Å². The zero-order valence-electron chi connectivity index (χ0n) is 6.09. The van der Waals surface area contributed by atoms with Crippen molar-refractivity contribution in [1.29, 1.82) is 0 Å². The van der Waals surface area contributed by atoms with Gasteiger partial charge in [-0.05, 0) is 12.8 Å². The first-order valence-corrected chi connectivity index (χ1v) is 3.54. The molecule has 1 unspecified atom stereocenters. The summed E-state index contributed by atoms with van der Waals surface area (Å²) in [6, 6.07) is 0. The molecule has 0 aromatic heterocycles. The average molecular weight is 144 g/mol. The minimum absolute atomic E-state index is 0.169. The summed E-state index contributed by atoms with van der Waals surface area (Å²) in [4.78, 5) is 10.5. The second kappa shape index (κ2) is 2.58. The molecular formula is C7H12O3. The van der Waals surface area contributed by atoms with Crippen molar-refractivity contribution < 1.29 is 14.6 Å². The molecule has 1 aliphatic rings. The molecule has 0 aromatic carbocycles. The molecule has 1 saturated heterocycles. The van der Waals surface area contributed by atoms with Crippen LogP contribution in [-0.2, 0) is 9.53 Å². The summed E-state index contributed by atoms with van der Waals surface area (Å²) in [5.41, 5.74) is -0.742. The van der Waals surface area contributed by atoms with Crippen molar-refractivity contribution in [2.45, 2.75) is 31.8 Å². The van der Waals surface area contributed by atoms with E-state index in [4.69, 9.17) is 4.74 Å². The Kier molecular flexibility index (Phi) is 1.94. The lowest BCUT2D eigenvalue weighted by atomic mass is 9.94. The van der Waals surface area contributed by atoms with E-state index in [1.807, 2.05) is 6.92 Å². The summed E-state index contributed by atoms with van der Waals surface area (Å²) in [5, 5.41) is 9.52. The molecule has 1 fully saturated rings. The lowest BCUT2D eigenvalue weighted by Crippen LogP contribution is -2.39. The first kappa shape index (κ1) is 7.54. The highest BCUT2D eigenvalue weighted by atomic mass is 16.5. The summed E-state index contributed by atoms with van der Waals surface area (Å²) < 4.78 is 4.70. The van der Waals surface area contributed by atoms with Gasteiger partial charge >= 0.3 is 5.97 Å². The van der Waals surface area contributed by atoms with Crippen LogP contribution < -0.4 is 0 Å². The quantitative estimate of drug-likeness (QED) is 0.544. The summed E-state index contributed by atoms with van der Waals surface area (Å²) in [5.74, 6) is -0.196. The van der Waals surface area contributed by atoms with Crippen molar-refractivity contribution >= 4 is 5.97 Å². The molecule has 0 spiro atoms. The van der Waals surface area contributed by atoms with E-state index in [0.29, 0.717) is 19.3 Å². The fraction of sp³-hybridized carbons (Fsp3) is 0.857. The van der Waals surface area contributed by atoms with E-state index in [9.17, 15) is 9.90 Å². The van der Waals surface area contributed by atoms with Crippen LogP contribution in [0.2, 0.25) is 0 Å². The molecule has 0 bridgehead atoms. The number of ether oxygens (including phenoxy) is 1. The number of hydrogen-bond acceptors (Lipinski definition) is 3. The maximum Gasteiger partial charge on any atom is 0.305 e. The van der Waals surface area contributed by atoms with Crippen LogP contribution in [0.4, 0.5) is 0 Å². The number of carbonyl (C=O) groups excluding carboxylic acids is 1. The number of aliphatic hydroxyl groups is 1. The molecule has 1 heterocycles. The zero-order valence-corrected chi connectivity index (χ0v) is 6.09. The molecule has 1 rings (SSSR count). The fourth-order valence-electron chi connectivity index (χ4n) is 0.973. The van der Waals surface area contributed by atoms with Gasteiger partial charge in [0.1, 0.15) is 6.61 Å². The minimum atomic E-state index is -0.742. The molecule has 1 aliphatic heterocycles. The Morgan fingerprint density at radius 3 is 2.90 bits per heavy atom. The number of rotatable bonds is 1. The summed E-state index contributed by atoms with van der Waals surface area (Å²) in [6.07, 6.45) is 1.55. The molecule has 1 N–H and O–H groups in total. The second-order valence-corrected chi connectivity index (χ2v) is 2.74. The van der Waals surface area contributed by atoms with Gasteiger partial charge in [0.05, 0.1) is 5.60 Å². The van der Waals surface area contributed by atoms with Crippen molar-refractivity contribution in [2.24, 2.45) is 0 Å². The smallest absolute Gasteiger partial charge is 0.305 e. The van der Waals surface area contributed by atoms with Gasteiger partial charge < -0.3 is 9.84 Å². The van der Waals surface area contributed by atoms with Crippen molar-refractivity contribution in [3.63, 3.8) is 0 Å². The summed E-state index contributed by atoms with van der Waals surface area (Å²) in [7, 11) is 0. The maximum atomic E-state index is 10.5. The largest absolute Gasteiger partial charge is 0.463 e. The van der Waals surface area contributed by atoms with Crippen molar-refractivity contribution in [3.05, 3.63) is 0 Å². The Labute approximate surface area is 60.0 Å². The Hall–Kier alpha value is -0.570. The van der Waals surface area contributed by atoms with Gasteiger partial charge in [-0.25, -0.2) is 0 Å². The van der Waals surface area contributed by atoms with E-state index >= 15 is 0 Å². The molecule has 10 heavy (non-hydrogen) atoms. The zero-order chi connectivity index (χ0) is 7.61. The average Bonchev–Trinajstić information content (AvgIpc) is 1.96. The lowest BCUT2D eigenvalue weighted by Gasteiger charge is -2.29. The van der Waals surface area contributed by atoms with Gasteiger partial charge in [0.2, 0.25) is 0 Å². The van der Waals surface area contributed by atoms with E-state index in [1.54, 1.807) is 0 Å². The molecule has 0 aliphatic carbocycles. The van der Waals surface area contributed by atoms with Gasteiger partial charge in [-0.2, -0.15) is 0 Å². The monoisotopic (exact) mass is 144 g/mol. The second-order valence-electron chi connectivity index (χ2n) is 2.74. The van der Waals surface area contributed by atoms with Crippen LogP contribution in [0.25, 0.3) is 0 Å². The van der Waals surface area contributed by atoms with Crippen molar-refractivity contribution in [2.75, 3.05) is 6.61 Å². The topological polar surface area (TPSA) is 46.5 Å². The number of cyclic esters (lactones) is 1. The SMILES string of the molecule is CCC1(O)CCC(=O)OC1. The first-order valence-electron chi connectivity index (χ1n) is 3.54. The van der Waals surface area contributed by atoms with E-state index in [1.165, 1.54) is 0 Å². The van der Waals surface area contributed by atoms with E-state index in [0.717, 1.165) is 0 Å². The summed E-state index contributed by atoms with van der Waals surface area (Å²) >= 11 is 0. The van der Waals surface area contributed by atoms with Crippen molar-refractivity contribution in [3.8, 4) is 0 Å². The molecule has 0 radical (unpaired) electrons. The van der Waals surface area contributed by atoms with Gasteiger partial charge in [0.25, 0.3) is 0 Å². The number of carbonyl (C=O) groups is 1. The van der Waals surface area contributed by atoms with E-state index in [-0.39, 0.29) is 12.6 Å². The van der Waals surface area contributed by atoms with Crippen LogP contribution in [0.15, 0.2) is 0 Å². The van der Waals surface area contributed by atoms with Gasteiger partial charge in [0.15, 0.2) is 0 Å². The van der Waals surface area contributed by atoms with E-state index in [2.05, 4.69) is 0 Å². The van der Waals surface area contributed by atoms with Crippen LogP contribution in [0.1, 0.15) is 26.2 Å². The summed E-state index contributed by atoms with van der Waals surface area (Å²) in [6.45, 7) is 2.06. The molecule has 3 heteroatoms. The molecule has 0 amide bonds. The maximum absolute atomic E-state index is 10.5. The Morgan fingerprint density at radius 2 is 2.50 bits per heavy atom. The van der Waals surface area contributed by atoms with Crippen LogP contribution in [0.5, 0.6) is 0 Å². The molecule has 58 valence electrons. The fourth-order valence-corrected chi connectivity index (χ4v) is 0.973. The normalized spacial score (nSPS) is 33.6. The highest BCUT2D eigenvalue weighted by Crippen LogP contribution is 2.22.